The van der Waals surface area contributed by atoms with Crippen LogP contribution in [0.25, 0.3) is 64.0 Å². The summed E-state index contributed by atoms with van der Waals surface area (Å²) < 4.78 is 8.98. The Hall–Kier alpha value is -5.38. The summed E-state index contributed by atoms with van der Waals surface area (Å²) >= 11 is 1.85. The summed E-state index contributed by atoms with van der Waals surface area (Å²) in [5, 5.41) is 7.39. The van der Waals surface area contributed by atoms with Gasteiger partial charge in [-0.3, -0.25) is 0 Å². The first kappa shape index (κ1) is 24.2. The molecular weight excluding hydrogens is 543 g/mol. The molecule has 2 heterocycles. The third kappa shape index (κ3) is 3.93. The number of anilines is 3. The first-order valence-corrected chi connectivity index (χ1v) is 15.3. The van der Waals surface area contributed by atoms with E-state index in [1.807, 2.05) is 11.3 Å². The third-order valence-electron chi connectivity index (χ3n) is 8.45. The van der Waals surface area contributed by atoms with Crippen LogP contribution in [0.2, 0.25) is 0 Å². The van der Waals surface area contributed by atoms with Crippen LogP contribution < -0.4 is 4.90 Å². The lowest BCUT2D eigenvalue weighted by molar-refractivity contribution is 0.669. The number of hydrogen-bond donors (Lipinski definition) is 0. The Morgan fingerprint density at radius 3 is 2.00 bits per heavy atom. The first-order valence-electron chi connectivity index (χ1n) is 14.5. The molecule has 0 saturated heterocycles. The Kier molecular flexibility index (Phi) is 5.40. The summed E-state index contributed by atoms with van der Waals surface area (Å²) in [5.74, 6) is 0. The third-order valence-corrected chi connectivity index (χ3v) is 9.61. The average Bonchev–Trinajstić information content (AvgIpc) is 3.64. The Bertz CT molecular complexity index is 2450. The highest BCUT2D eigenvalue weighted by molar-refractivity contribution is 7.25. The molecule has 2 nitrogen and oxygen atoms in total. The summed E-state index contributed by atoms with van der Waals surface area (Å²) in [5.41, 5.74) is 7.52. The van der Waals surface area contributed by atoms with Gasteiger partial charge in [0.25, 0.3) is 0 Å². The monoisotopic (exact) mass is 567 g/mol. The fraction of sp³-hybridized carbons (Fsp3) is 0. The Morgan fingerprint density at radius 2 is 1.12 bits per heavy atom. The normalized spacial score (nSPS) is 11.7. The minimum Gasteiger partial charge on any atom is -0.456 e. The van der Waals surface area contributed by atoms with Gasteiger partial charge in [-0.05, 0) is 88.6 Å². The van der Waals surface area contributed by atoms with Crippen molar-refractivity contribution >= 4 is 81.3 Å². The lowest BCUT2D eigenvalue weighted by atomic mass is 10.0. The van der Waals surface area contributed by atoms with Crippen LogP contribution in [0.3, 0.4) is 0 Å². The molecular formula is C40H25NOS. The Balaban J connectivity index is 1.13. The van der Waals surface area contributed by atoms with Gasteiger partial charge in [-0.2, -0.15) is 0 Å². The summed E-state index contributed by atoms with van der Waals surface area (Å²) in [6, 6.07) is 54.3. The molecule has 0 unspecified atom stereocenters. The molecule has 3 heteroatoms. The predicted octanol–water partition coefficient (Wildman–Crippen LogP) is 12.2. The van der Waals surface area contributed by atoms with Crippen molar-refractivity contribution in [2.75, 3.05) is 4.90 Å². The van der Waals surface area contributed by atoms with Gasteiger partial charge in [0.2, 0.25) is 0 Å². The molecule has 0 radical (unpaired) electrons. The first-order chi connectivity index (χ1) is 21.3. The van der Waals surface area contributed by atoms with E-state index in [4.69, 9.17) is 4.42 Å². The van der Waals surface area contributed by atoms with Gasteiger partial charge in [0.1, 0.15) is 11.2 Å². The second-order valence-electron chi connectivity index (χ2n) is 11.0. The van der Waals surface area contributed by atoms with Crippen molar-refractivity contribution in [1.29, 1.82) is 0 Å². The largest absolute Gasteiger partial charge is 0.456 e. The van der Waals surface area contributed by atoms with Crippen LogP contribution in [0.15, 0.2) is 156 Å². The molecule has 0 aliphatic carbocycles. The van der Waals surface area contributed by atoms with Gasteiger partial charge in [0, 0.05) is 48.0 Å². The highest BCUT2D eigenvalue weighted by atomic mass is 32.1. The van der Waals surface area contributed by atoms with Crippen molar-refractivity contribution in [2.24, 2.45) is 0 Å². The molecule has 0 fully saturated rings. The van der Waals surface area contributed by atoms with Crippen molar-refractivity contribution in [3.05, 3.63) is 152 Å². The van der Waals surface area contributed by atoms with E-state index in [2.05, 4.69) is 157 Å². The van der Waals surface area contributed by atoms with Crippen LogP contribution in [0.4, 0.5) is 17.1 Å². The minimum atomic E-state index is 0.912. The van der Waals surface area contributed by atoms with Gasteiger partial charge in [-0.15, -0.1) is 11.3 Å². The van der Waals surface area contributed by atoms with E-state index in [0.29, 0.717) is 0 Å². The highest BCUT2D eigenvalue weighted by Crippen LogP contribution is 2.41. The standard InChI is InChI=1S/C40H25NOS/c1-2-9-29(10-3-1)41(31-20-23-39-35(25-31)33-12-6-7-13-38(33)43-39)30-18-14-26(15-19-30)28-16-21-34-37(24-28)42-36-22-17-27-8-4-5-11-32(27)40(34)36/h1-25H. The predicted molar refractivity (Wildman–Crippen MR) is 184 cm³/mol. The summed E-state index contributed by atoms with van der Waals surface area (Å²) in [6.07, 6.45) is 0. The SMILES string of the molecule is c1ccc(N(c2ccc(-c3ccc4c(c3)oc3ccc5ccccc5c34)cc2)c2ccc3sc4ccccc4c3c2)cc1. The number of thiophene rings is 1. The molecule has 0 N–H and O–H groups in total. The number of hydrogen-bond acceptors (Lipinski definition) is 3. The van der Waals surface area contributed by atoms with Gasteiger partial charge in [0.05, 0.1) is 0 Å². The van der Waals surface area contributed by atoms with Crippen molar-refractivity contribution < 1.29 is 4.42 Å². The second kappa shape index (κ2) is 9.59. The van der Waals surface area contributed by atoms with Gasteiger partial charge in [0.15, 0.2) is 0 Å². The molecule has 202 valence electrons. The van der Waals surface area contributed by atoms with Crippen LogP contribution >= 0.6 is 11.3 Å². The maximum Gasteiger partial charge on any atom is 0.136 e. The fourth-order valence-corrected chi connectivity index (χ4v) is 7.49. The zero-order valence-electron chi connectivity index (χ0n) is 23.2. The Labute approximate surface area is 252 Å². The molecule has 2 aromatic heterocycles. The van der Waals surface area contributed by atoms with Crippen molar-refractivity contribution in [3.8, 4) is 11.1 Å². The molecule has 7 aromatic carbocycles. The number of furan rings is 1. The number of nitrogens with zero attached hydrogens (tertiary/aromatic N) is 1. The molecule has 43 heavy (non-hydrogen) atoms. The smallest absolute Gasteiger partial charge is 0.136 e. The number of para-hydroxylation sites is 1. The topological polar surface area (TPSA) is 16.4 Å². The second-order valence-corrected chi connectivity index (χ2v) is 12.1. The maximum absolute atomic E-state index is 6.35. The molecule has 0 amide bonds. The van der Waals surface area contributed by atoms with E-state index >= 15 is 0 Å². The molecule has 0 saturated carbocycles. The van der Waals surface area contributed by atoms with E-state index in [1.54, 1.807) is 0 Å². The van der Waals surface area contributed by atoms with Crippen LogP contribution in [0.5, 0.6) is 0 Å². The van der Waals surface area contributed by atoms with Gasteiger partial charge >= 0.3 is 0 Å². The molecule has 9 rings (SSSR count). The van der Waals surface area contributed by atoms with Gasteiger partial charge < -0.3 is 9.32 Å². The fourth-order valence-electron chi connectivity index (χ4n) is 6.41. The lowest BCUT2D eigenvalue weighted by Crippen LogP contribution is -2.09. The highest BCUT2D eigenvalue weighted by Gasteiger charge is 2.16. The minimum absolute atomic E-state index is 0.912. The lowest BCUT2D eigenvalue weighted by Gasteiger charge is -2.25. The summed E-state index contributed by atoms with van der Waals surface area (Å²) in [6.45, 7) is 0. The zero-order valence-corrected chi connectivity index (χ0v) is 24.0. The molecule has 0 atom stereocenters. The van der Waals surface area contributed by atoms with Gasteiger partial charge in [-0.1, -0.05) is 84.9 Å². The van der Waals surface area contributed by atoms with Crippen LogP contribution in [-0.2, 0) is 0 Å². The number of fused-ring (bicyclic) bond motifs is 8. The van der Waals surface area contributed by atoms with E-state index in [-0.39, 0.29) is 0 Å². The average molecular weight is 568 g/mol. The molecule has 0 aliphatic heterocycles. The van der Waals surface area contributed by atoms with Crippen molar-refractivity contribution in [2.45, 2.75) is 0 Å². The number of rotatable bonds is 4. The van der Waals surface area contributed by atoms with E-state index in [0.717, 1.165) is 44.7 Å². The summed E-state index contributed by atoms with van der Waals surface area (Å²) in [7, 11) is 0. The molecule has 0 aliphatic rings. The van der Waals surface area contributed by atoms with E-state index in [9.17, 15) is 0 Å². The van der Waals surface area contributed by atoms with Crippen LogP contribution in [0, 0.1) is 0 Å². The van der Waals surface area contributed by atoms with Gasteiger partial charge in [-0.25, -0.2) is 0 Å². The van der Waals surface area contributed by atoms with E-state index in [1.165, 1.54) is 36.3 Å². The summed E-state index contributed by atoms with van der Waals surface area (Å²) in [4.78, 5) is 2.34. The van der Waals surface area contributed by atoms with Crippen molar-refractivity contribution in [1.82, 2.24) is 0 Å². The number of benzene rings is 7. The van der Waals surface area contributed by atoms with Crippen LogP contribution in [-0.4, -0.2) is 0 Å². The maximum atomic E-state index is 6.35. The van der Waals surface area contributed by atoms with E-state index < -0.39 is 0 Å². The zero-order chi connectivity index (χ0) is 28.3. The Morgan fingerprint density at radius 1 is 0.419 bits per heavy atom. The molecule has 9 aromatic rings. The van der Waals surface area contributed by atoms with Crippen molar-refractivity contribution in [3.63, 3.8) is 0 Å². The molecule has 0 bridgehead atoms. The quantitative estimate of drug-likeness (QED) is 0.210. The molecule has 0 spiro atoms. The van der Waals surface area contributed by atoms with Crippen LogP contribution in [0.1, 0.15) is 0 Å².